The highest BCUT2D eigenvalue weighted by molar-refractivity contribution is 5.31. The Balaban J connectivity index is 1.84. The molecule has 2 unspecified atom stereocenters. The second-order valence-corrected chi connectivity index (χ2v) is 5.69. The Bertz CT molecular complexity index is 620. The second-order valence-electron chi connectivity index (χ2n) is 5.69. The van der Waals surface area contributed by atoms with Crippen LogP contribution in [-0.4, -0.2) is 23.4 Å². The van der Waals surface area contributed by atoms with E-state index in [0.717, 1.165) is 19.4 Å². The third-order valence-corrected chi connectivity index (χ3v) is 4.54. The van der Waals surface area contributed by atoms with Crippen molar-refractivity contribution in [3.05, 3.63) is 52.8 Å². The number of aromatic nitrogens is 2. The predicted octanol–water partition coefficient (Wildman–Crippen LogP) is 2.69. The molecule has 2 atom stereocenters. The molecule has 2 heterocycles. The summed E-state index contributed by atoms with van der Waals surface area (Å²) in [7, 11) is 3.99. The van der Waals surface area contributed by atoms with Crippen LogP contribution in [0.25, 0.3) is 0 Å². The van der Waals surface area contributed by atoms with Gasteiger partial charge in [0.2, 0.25) is 0 Å². The molecule has 0 amide bonds. The van der Waals surface area contributed by atoms with Crippen LogP contribution < -0.4 is 5.32 Å². The molecular formula is C17H23N3O. The number of ether oxygens (including phenoxy) is 1. The SMILES string of the molecule is CNC(CC1OCCc2ccccc21)c1cnn(C)c1C. The number of aryl methyl sites for hydroxylation is 1. The average Bonchev–Trinajstić information content (AvgIpc) is 2.85. The Hall–Kier alpha value is -1.65. The standard InChI is InChI=1S/C17H23N3O/c1-12-15(11-19-20(12)3)16(18-2)10-17-14-7-5-4-6-13(14)8-9-21-17/h4-7,11,16-18H,8-10H2,1-3H3. The van der Waals surface area contributed by atoms with Crippen molar-refractivity contribution in [1.29, 1.82) is 0 Å². The van der Waals surface area contributed by atoms with E-state index in [-0.39, 0.29) is 12.1 Å². The van der Waals surface area contributed by atoms with Gasteiger partial charge < -0.3 is 10.1 Å². The Labute approximate surface area is 126 Å². The van der Waals surface area contributed by atoms with Crippen LogP contribution in [-0.2, 0) is 18.2 Å². The van der Waals surface area contributed by atoms with E-state index < -0.39 is 0 Å². The van der Waals surface area contributed by atoms with Gasteiger partial charge in [-0.05, 0) is 37.9 Å². The molecule has 0 radical (unpaired) electrons. The fourth-order valence-corrected chi connectivity index (χ4v) is 3.14. The molecule has 1 aliphatic rings. The minimum atomic E-state index is 0.159. The van der Waals surface area contributed by atoms with Crippen molar-refractivity contribution in [2.45, 2.75) is 31.9 Å². The van der Waals surface area contributed by atoms with Gasteiger partial charge in [-0.1, -0.05) is 24.3 Å². The van der Waals surface area contributed by atoms with Crippen LogP contribution in [0.4, 0.5) is 0 Å². The maximum atomic E-state index is 6.04. The molecule has 1 aromatic heterocycles. The molecule has 0 saturated heterocycles. The quantitative estimate of drug-likeness (QED) is 0.938. The molecule has 112 valence electrons. The number of fused-ring (bicyclic) bond motifs is 1. The first-order valence-corrected chi connectivity index (χ1v) is 7.56. The first kappa shape index (κ1) is 14.3. The van der Waals surface area contributed by atoms with Crippen LogP contribution in [0.1, 0.15) is 41.0 Å². The molecule has 2 aromatic rings. The van der Waals surface area contributed by atoms with Gasteiger partial charge in [-0.15, -0.1) is 0 Å². The largest absolute Gasteiger partial charge is 0.373 e. The molecule has 1 aromatic carbocycles. The number of hydrogen-bond donors (Lipinski definition) is 1. The lowest BCUT2D eigenvalue weighted by Gasteiger charge is -2.29. The molecule has 21 heavy (non-hydrogen) atoms. The summed E-state index contributed by atoms with van der Waals surface area (Å²) in [6.45, 7) is 2.92. The summed E-state index contributed by atoms with van der Waals surface area (Å²) >= 11 is 0. The van der Waals surface area contributed by atoms with Crippen LogP contribution in [0.5, 0.6) is 0 Å². The lowest BCUT2D eigenvalue weighted by atomic mass is 9.91. The summed E-state index contributed by atoms with van der Waals surface area (Å²) < 4.78 is 7.96. The lowest BCUT2D eigenvalue weighted by molar-refractivity contribution is 0.0298. The van der Waals surface area contributed by atoms with Gasteiger partial charge in [-0.25, -0.2) is 0 Å². The molecule has 3 rings (SSSR count). The summed E-state index contributed by atoms with van der Waals surface area (Å²) in [5.74, 6) is 0. The van der Waals surface area contributed by atoms with Crippen molar-refractivity contribution in [2.75, 3.05) is 13.7 Å². The average molecular weight is 285 g/mol. The van der Waals surface area contributed by atoms with E-state index in [1.807, 2.05) is 25.0 Å². The maximum absolute atomic E-state index is 6.04. The summed E-state index contributed by atoms with van der Waals surface area (Å²) in [5.41, 5.74) is 5.22. The number of nitrogens with zero attached hydrogens (tertiary/aromatic N) is 2. The van der Waals surface area contributed by atoms with E-state index in [2.05, 4.69) is 41.6 Å². The second kappa shape index (κ2) is 6.00. The minimum Gasteiger partial charge on any atom is -0.373 e. The number of rotatable bonds is 4. The first-order chi connectivity index (χ1) is 10.2. The first-order valence-electron chi connectivity index (χ1n) is 7.56. The van der Waals surface area contributed by atoms with Crippen LogP contribution in [0.15, 0.2) is 30.5 Å². The molecule has 4 heteroatoms. The summed E-state index contributed by atoms with van der Waals surface area (Å²) in [6.07, 6.45) is 4.07. The Morgan fingerprint density at radius 2 is 2.24 bits per heavy atom. The summed E-state index contributed by atoms with van der Waals surface area (Å²) in [5, 5.41) is 7.78. The third-order valence-electron chi connectivity index (χ3n) is 4.54. The third kappa shape index (κ3) is 2.74. The van der Waals surface area contributed by atoms with E-state index in [4.69, 9.17) is 4.74 Å². The van der Waals surface area contributed by atoms with Gasteiger partial charge >= 0.3 is 0 Å². The minimum absolute atomic E-state index is 0.159. The lowest BCUT2D eigenvalue weighted by Crippen LogP contribution is -2.24. The van der Waals surface area contributed by atoms with E-state index in [1.54, 1.807) is 0 Å². The van der Waals surface area contributed by atoms with Gasteiger partial charge in [0.15, 0.2) is 0 Å². The topological polar surface area (TPSA) is 39.1 Å². The Morgan fingerprint density at radius 3 is 2.95 bits per heavy atom. The van der Waals surface area contributed by atoms with E-state index in [0.29, 0.717) is 0 Å². The zero-order chi connectivity index (χ0) is 14.8. The van der Waals surface area contributed by atoms with Crippen LogP contribution in [0, 0.1) is 6.92 Å². The molecular weight excluding hydrogens is 262 g/mol. The van der Waals surface area contributed by atoms with Gasteiger partial charge in [0.1, 0.15) is 0 Å². The van der Waals surface area contributed by atoms with Crippen LogP contribution in [0.3, 0.4) is 0 Å². The highest BCUT2D eigenvalue weighted by Crippen LogP contribution is 2.34. The fourth-order valence-electron chi connectivity index (χ4n) is 3.14. The van der Waals surface area contributed by atoms with Gasteiger partial charge in [0, 0.05) is 24.3 Å². The van der Waals surface area contributed by atoms with Crippen molar-refractivity contribution >= 4 is 0 Å². The fraction of sp³-hybridized carbons (Fsp3) is 0.471. The molecule has 4 nitrogen and oxygen atoms in total. The number of nitrogens with one attached hydrogen (secondary N) is 1. The molecule has 0 saturated carbocycles. The van der Waals surface area contributed by atoms with Gasteiger partial charge in [0.25, 0.3) is 0 Å². The number of benzene rings is 1. The van der Waals surface area contributed by atoms with Crippen molar-refractivity contribution in [2.24, 2.45) is 7.05 Å². The normalized spacial score (nSPS) is 19.3. The van der Waals surface area contributed by atoms with E-state index >= 15 is 0 Å². The molecule has 1 N–H and O–H groups in total. The van der Waals surface area contributed by atoms with Crippen LogP contribution >= 0.6 is 0 Å². The maximum Gasteiger partial charge on any atom is 0.0845 e. The summed E-state index contributed by atoms with van der Waals surface area (Å²) in [4.78, 5) is 0. The van der Waals surface area contributed by atoms with Gasteiger partial charge in [-0.2, -0.15) is 5.10 Å². The number of hydrogen-bond acceptors (Lipinski definition) is 3. The molecule has 0 aliphatic carbocycles. The van der Waals surface area contributed by atoms with E-state index in [1.165, 1.54) is 22.4 Å². The van der Waals surface area contributed by atoms with Crippen molar-refractivity contribution in [3.8, 4) is 0 Å². The predicted molar refractivity (Wildman–Crippen MR) is 83.2 cm³/mol. The highest BCUT2D eigenvalue weighted by atomic mass is 16.5. The van der Waals surface area contributed by atoms with Crippen LogP contribution in [0.2, 0.25) is 0 Å². The molecule has 0 fully saturated rings. The zero-order valence-corrected chi connectivity index (χ0v) is 13.0. The molecule has 0 bridgehead atoms. The summed E-state index contributed by atoms with van der Waals surface area (Å²) in [6, 6.07) is 8.89. The van der Waals surface area contributed by atoms with Crippen molar-refractivity contribution in [3.63, 3.8) is 0 Å². The Morgan fingerprint density at radius 1 is 1.43 bits per heavy atom. The zero-order valence-electron chi connectivity index (χ0n) is 13.0. The van der Waals surface area contributed by atoms with Gasteiger partial charge in [0.05, 0.1) is 18.9 Å². The van der Waals surface area contributed by atoms with Gasteiger partial charge in [-0.3, -0.25) is 4.68 Å². The molecule has 1 aliphatic heterocycles. The molecule has 0 spiro atoms. The monoisotopic (exact) mass is 285 g/mol. The van der Waals surface area contributed by atoms with Crippen molar-refractivity contribution < 1.29 is 4.74 Å². The smallest absolute Gasteiger partial charge is 0.0845 e. The van der Waals surface area contributed by atoms with E-state index in [9.17, 15) is 0 Å². The highest BCUT2D eigenvalue weighted by Gasteiger charge is 2.25. The Kier molecular flexibility index (Phi) is 4.08. The van der Waals surface area contributed by atoms with Crippen molar-refractivity contribution in [1.82, 2.24) is 15.1 Å².